The zero-order valence-electron chi connectivity index (χ0n) is 15.3. The second-order valence-corrected chi connectivity index (χ2v) is 7.11. The summed E-state index contributed by atoms with van der Waals surface area (Å²) >= 11 is 0. The average molecular weight is 377 g/mol. The topological polar surface area (TPSA) is 122 Å². The number of hydrogen-bond acceptors (Lipinski definition) is 6. The van der Waals surface area contributed by atoms with Crippen LogP contribution in [0.2, 0.25) is 0 Å². The van der Waals surface area contributed by atoms with Gasteiger partial charge in [0, 0.05) is 25.7 Å². The van der Waals surface area contributed by atoms with Crippen LogP contribution in [0.1, 0.15) is 30.1 Å². The van der Waals surface area contributed by atoms with Crippen LogP contribution in [0.3, 0.4) is 0 Å². The van der Waals surface area contributed by atoms with E-state index in [0.717, 1.165) is 0 Å². The summed E-state index contributed by atoms with van der Waals surface area (Å²) in [6.45, 7) is 2.53. The molecule has 1 atom stereocenters. The molecule has 0 aliphatic carbocycles. The standard InChI is InChI=1S/C18H23N3O6/c1-18(25)5-7-21(8-6-18)15(22)11-3-4-13-12(9-11)20(2)16(23)14(10-26-13)27-17(19)24/h3-4,9,14,25H,5-8,10H2,1-2H3,(H2,19,24)/t14-/m0/s1. The van der Waals surface area contributed by atoms with Crippen molar-refractivity contribution in [2.45, 2.75) is 31.5 Å². The van der Waals surface area contributed by atoms with E-state index in [2.05, 4.69) is 0 Å². The second-order valence-electron chi connectivity index (χ2n) is 7.11. The minimum Gasteiger partial charge on any atom is -0.487 e. The number of likely N-dealkylation sites (N-methyl/N-ethyl adjacent to an activating group) is 1. The van der Waals surface area contributed by atoms with Crippen LogP contribution in [0.25, 0.3) is 0 Å². The third-order valence-electron chi connectivity index (χ3n) is 4.95. The third kappa shape index (κ3) is 3.97. The first-order valence-electron chi connectivity index (χ1n) is 8.70. The van der Waals surface area contributed by atoms with Gasteiger partial charge in [-0.2, -0.15) is 0 Å². The lowest BCUT2D eigenvalue weighted by Crippen LogP contribution is -2.45. The van der Waals surface area contributed by atoms with Crippen LogP contribution in [-0.2, 0) is 9.53 Å². The highest BCUT2D eigenvalue weighted by molar-refractivity contribution is 6.01. The summed E-state index contributed by atoms with van der Waals surface area (Å²) < 4.78 is 10.4. The molecule has 0 radical (unpaired) electrons. The number of hydrogen-bond donors (Lipinski definition) is 2. The molecule has 0 saturated carbocycles. The van der Waals surface area contributed by atoms with E-state index in [1.807, 2.05) is 0 Å². The molecule has 1 aromatic carbocycles. The maximum Gasteiger partial charge on any atom is 0.405 e. The van der Waals surface area contributed by atoms with Crippen molar-refractivity contribution in [2.75, 3.05) is 31.6 Å². The van der Waals surface area contributed by atoms with Gasteiger partial charge in [0.05, 0.1) is 11.3 Å². The lowest BCUT2D eigenvalue weighted by molar-refractivity contribution is -0.127. The number of carbonyl (C=O) groups excluding carboxylic acids is 3. The van der Waals surface area contributed by atoms with Crippen molar-refractivity contribution in [3.63, 3.8) is 0 Å². The number of amides is 3. The largest absolute Gasteiger partial charge is 0.487 e. The van der Waals surface area contributed by atoms with Gasteiger partial charge in [-0.15, -0.1) is 0 Å². The summed E-state index contributed by atoms with van der Waals surface area (Å²) in [5, 5.41) is 10.0. The monoisotopic (exact) mass is 377 g/mol. The molecule has 3 rings (SSSR count). The normalized spacial score (nSPS) is 21.7. The number of nitrogens with zero attached hydrogens (tertiary/aromatic N) is 2. The quantitative estimate of drug-likeness (QED) is 0.773. The van der Waals surface area contributed by atoms with Crippen LogP contribution in [0.5, 0.6) is 5.75 Å². The Balaban J connectivity index is 1.81. The van der Waals surface area contributed by atoms with Crippen molar-refractivity contribution in [3.8, 4) is 5.75 Å². The van der Waals surface area contributed by atoms with Crippen LogP contribution in [0, 0.1) is 0 Å². The molecule has 27 heavy (non-hydrogen) atoms. The number of piperidine rings is 1. The Bertz CT molecular complexity index is 768. The number of anilines is 1. The van der Waals surface area contributed by atoms with Gasteiger partial charge < -0.3 is 30.1 Å². The number of aliphatic hydroxyl groups is 1. The number of carbonyl (C=O) groups is 3. The molecule has 0 aromatic heterocycles. The highest BCUT2D eigenvalue weighted by Gasteiger charge is 2.33. The van der Waals surface area contributed by atoms with Crippen molar-refractivity contribution in [1.29, 1.82) is 0 Å². The molecule has 1 saturated heterocycles. The minimum atomic E-state index is -1.15. The molecule has 1 fully saturated rings. The zero-order chi connectivity index (χ0) is 19.8. The maximum atomic E-state index is 12.8. The Hall–Kier alpha value is -2.81. The number of fused-ring (bicyclic) bond motifs is 1. The van der Waals surface area contributed by atoms with Gasteiger partial charge >= 0.3 is 6.09 Å². The lowest BCUT2D eigenvalue weighted by atomic mass is 9.93. The summed E-state index contributed by atoms with van der Waals surface area (Å²) in [5.41, 5.74) is 5.07. The molecule has 9 heteroatoms. The fraction of sp³-hybridized carbons (Fsp3) is 0.500. The first-order chi connectivity index (χ1) is 12.7. The van der Waals surface area contributed by atoms with Gasteiger partial charge in [-0.3, -0.25) is 9.59 Å². The zero-order valence-corrected chi connectivity index (χ0v) is 15.3. The SMILES string of the molecule is CN1C(=O)[C@@H](OC(N)=O)COc2ccc(C(=O)N3CCC(C)(O)CC3)cc21. The fourth-order valence-corrected chi connectivity index (χ4v) is 3.20. The minimum absolute atomic E-state index is 0.159. The Labute approximate surface area is 156 Å². The molecule has 1 aromatic rings. The molecule has 3 amide bonds. The molecule has 2 heterocycles. The summed E-state index contributed by atoms with van der Waals surface area (Å²) in [5.74, 6) is -0.269. The van der Waals surface area contributed by atoms with E-state index in [4.69, 9.17) is 15.2 Å². The van der Waals surface area contributed by atoms with Crippen LogP contribution < -0.4 is 15.4 Å². The average Bonchev–Trinajstić information content (AvgIpc) is 2.73. The van der Waals surface area contributed by atoms with Crippen LogP contribution in [0.15, 0.2) is 18.2 Å². The summed E-state index contributed by atoms with van der Waals surface area (Å²) in [4.78, 5) is 39.2. The first-order valence-corrected chi connectivity index (χ1v) is 8.70. The Morgan fingerprint density at radius 1 is 1.33 bits per heavy atom. The number of nitrogens with two attached hydrogens (primary N) is 1. The molecule has 9 nitrogen and oxygen atoms in total. The van der Waals surface area contributed by atoms with Crippen molar-refractivity contribution >= 4 is 23.6 Å². The Morgan fingerprint density at radius 3 is 2.63 bits per heavy atom. The van der Waals surface area contributed by atoms with Crippen molar-refractivity contribution in [2.24, 2.45) is 5.73 Å². The van der Waals surface area contributed by atoms with Gasteiger partial charge in [0.1, 0.15) is 12.4 Å². The van der Waals surface area contributed by atoms with E-state index in [1.165, 1.54) is 11.9 Å². The van der Waals surface area contributed by atoms with E-state index in [9.17, 15) is 19.5 Å². The Kier molecular flexibility index (Phi) is 4.97. The van der Waals surface area contributed by atoms with Crippen molar-refractivity contribution in [3.05, 3.63) is 23.8 Å². The second kappa shape index (κ2) is 7.07. The molecule has 0 bridgehead atoms. The first kappa shape index (κ1) is 19.0. The molecule has 2 aliphatic rings. The van der Waals surface area contributed by atoms with E-state index in [0.29, 0.717) is 42.9 Å². The van der Waals surface area contributed by atoms with Crippen molar-refractivity contribution < 1.29 is 29.0 Å². The molecular weight excluding hydrogens is 354 g/mol. The number of rotatable bonds is 2. The highest BCUT2D eigenvalue weighted by Crippen LogP contribution is 2.33. The van der Waals surface area contributed by atoms with E-state index in [-0.39, 0.29) is 12.5 Å². The predicted molar refractivity (Wildman–Crippen MR) is 95.6 cm³/mol. The van der Waals surface area contributed by atoms with Crippen LogP contribution in [-0.4, -0.2) is 66.4 Å². The summed E-state index contributed by atoms with van der Waals surface area (Å²) in [6.07, 6.45) is -1.19. The highest BCUT2D eigenvalue weighted by atomic mass is 16.6. The molecule has 0 spiro atoms. The van der Waals surface area contributed by atoms with Crippen molar-refractivity contribution in [1.82, 2.24) is 4.90 Å². The number of benzene rings is 1. The smallest absolute Gasteiger partial charge is 0.405 e. The maximum absolute atomic E-state index is 12.8. The number of ether oxygens (including phenoxy) is 2. The fourth-order valence-electron chi connectivity index (χ4n) is 3.20. The van der Waals surface area contributed by atoms with Gasteiger partial charge in [0.15, 0.2) is 0 Å². The van der Waals surface area contributed by atoms with Crippen LogP contribution >= 0.6 is 0 Å². The lowest BCUT2D eigenvalue weighted by Gasteiger charge is -2.35. The summed E-state index contributed by atoms with van der Waals surface area (Å²) in [7, 11) is 1.51. The van der Waals surface area contributed by atoms with Gasteiger partial charge in [0.2, 0.25) is 6.10 Å². The number of primary amides is 1. The molecule has 0 unspecified atom stereocenters. The van der Waals surface area contributed by atoms with E-state index in [1.54, 1.807) is 30.0 Å². The van der Waals surface area contributed by atoms with E-state index >= 15 is 0 Å². The van der Waals surface area contributed by atoms with Crippen LogP contribution in [0.4, 0.5) is 10.5 Å². The van der Waals surface area contributed by atoms with Gasteiger partial charge in [0.25, 0.3) is 11.8 Å². The van der Waals surface area contributed by atoms with Gasteiger partial charge in [-0.1, -0.05) is 0 Å². The predicted octanol–water partition coefficient (Wildman–Crippen LogP) is 0.493. The molecular formula is C18H23N3O6. The summed E-state index contributed by atoms with van der Waals surface area (Å²) in [6, 6.07) is 4.82. The molecule has 3 N–H and O–H groups in total. The van der Waals surface area contributed by atoms with E-state index < -0.39 is 23.7 Å². The Morgan fingerprint density at radius 2 is 2.00 bits per heavy atom. The van der Waals surface area contributed by atoms with Gasteiger partial charge in [-0.25, -0.2) is 4.79 Å². The molecule has 146 valence electrons. The molecule has 2 aliphatic heterocycles. The third-order valence-corrected chi connectivity index (χ3v) is 4.95. The van der Waals surface area contributed by atoms with Gasteiger partial charge in [-0.05, 0) is 38.0 Å². The number of likely N-dealkylation sites (tertiary alicyclic amines) is 1.